The lowest BCUT2D eigenvalue weighted by atomic mass is 9.78. The highest BCUT2D eigenvalue weighted by Gasteiger charge is 2.30. The number of thiazole rings is 1. The molecule has 0 fully saturated rings. The maximum absolute atomic E-state index is 4.92. The Balaban J connectivity index is 1.50. The average molecular weight is 406 g/mol. The number of rotatable bonds is 6. The molecule has 0 spiro atoms. The largest absolute Gasteiger partial charge is 0.241 e. The van der Waals surface area contributed by atoms with Gasteiger partial charge in [0.2, 0.25) is 0 Å². The fourth-order valence-corrected chi connectivity index (χ4v) is 5.71. The SMILES string of the molecule is CC(C)(CCC(C)(C)c1nc2ccccc2s1)c1ccc(-c2ccccc2)s1. The fraction of sp³-hybridized carbons (Fsp3) is 0.320. The van der Waals surface area contributed by atoms with E-state index in [1.165, 1.54) is 25.0 Å². The number of thiophene rings is 1. The van der Waals surface area contributed by atoms with E-state index in [4.69, 9.17) is 4.98 Å². The minimum Gasteiger partial charge on any atom is -0.241 e. The Bertz CT molecular complexity index is 1040. The number of benzene rings is 2. The molecule has 28 heavy (non-hydrogen) atoms. The minimum absolute atomic E-state index is 0.0838. The van der Waals surface area contributed by atoms with Gasteiger partial charge < -0.3 is 0 Å². The molecule has 0 aliphatic carbocycles. The van der Waals surface area contributed by atoms with Crippen molar-refractivity contribution in [2.75, 3.05) is 0 Å². The van der Waals surface area contributed by atoms with Crippen LogP contribution < -0.4 is 0 Å². The Morgan fingerprint density at radius 2 is 1.39 bits per heavy atom. The van der Waals surface area contributed by atoms with Gasteiger partial charge in [0, 0.05) is 15.2 Å². The van der Waals surface area contributed by atoms with Crippen LogP contribution in [0.15, 0.2) is 66.7 Å². The molecule has 3 heteroatoms. The zero-order valence-corrected chi connectivity index (χ0v) is 18.7. The molecule has 1 nitrogen and oxygen atoms in total. The van der Waals surface area contributed by atoms with Crippen molar-refractivity contribution in [1.82, 2.24) is 4.98 Å². The monoisotopic (exact) mass is 405 g/mol. The van der Waals surface area contributed by atoms with Crippen LogP contribution in [-0.4, -0.2) is 4.98 Å². The normalized spacial score (nSPS) is 12.6. The third-order valence-electron chi connectivity index (χ3n) is 5.58. The Morgan fingerprint density at radius 3 is 2.14 bits per heavy atom. The van der Waals surface area contributed by atoms with Gasteiger partial charge in [-0.15, -0.1) is 22.7 Å². The summed E-state index contributed by atoms with van der Waals surface area (Å²) in [5.74, 6) is 0. The van der Waals surface area contributed by atoms with Crippen LogP contribution in [0.4, 0.5) is 0 Å². The second-order valence-electron chi connectivity index (χ2n) is 8.78. The predicted octanol–water partition coefficient (Wildman–Crippen LogP) is 8.06. The summed E-state index contributed by atoms with van der Waals surface area (Å²) >= 11 is 3.77. The number of hydrogen-bond donors (Lipinski definition) is 0. The molecule has 144 valence electrons. The molecule has 2 aromatic heterocycles. The molecule has 0 radical (unpaired) electrons. The van der Waals surface area contributed by atoms with Crippen LogP contribution in [0.1, 0.15) is 50.4 Å². The molecule has 0 unspecified atom stereocenters. The lowest BCUT2D eigenvalue weighted by molar-refractivity contribution is 0.378. The summed E-state index contributed by atoms with van der Waals surface area (Å²) < 4.78 is 1.29. The zero-order chi connectivity index (χ0) is 19.8. The van der Waals surface area contributed by atoms with Crippen molar-refractivity contribution in [3.8, 4) is 10.4 Å². The van der Waals surface area contributed by atoms with Crippen molar-refractivity contribution in [1.29, 1.82) is 0 Å². The van der Waals surface area contributed by atoms with Gasteiger partial charge in [-0.3, -0.25) is 0 Å². The molecular formula is C25H27NS2. The van der Waals surface area contributed by atoms with Crippen LogP contribution in [0.5, 0.6) is 0 Å². The van der Waals surface area contributed by atoms with E-state index in [9.17, 15) is 0 Å². The van der Waals surface area contributed by atoms with E-state index >= 15 is 0 Å². The van der Waals surface area contributed by atoms with Crippen LogP contribution in [0.25, 0.3) is 20.7 Å². The second kappa shape index (κ2) is 7.46. The van der Waals surface area contributed by atoms with E-state index in [0.717, 1.165) is 18.4 Å². The summed E-state index contributed by atoms with van der Waals surface area (Å²) in [7, 11) is 0. The van der Waals surface area contributed by atoms with Crippen LogP contribution in [0.3, 0.4) is 0 Å². The minimum atomic E-state index is 0.0838. The molecular weight excluding hydrogens is 378 g/mol. The summed E-state index contributed by atoms with van der Waals surface area (Å²) in [5.41, 5.74) is 2.68. The quantitative estimate of drug-likeness (QED) is 0.316. The molecule has 4 aromatic rings. The van der Waals surface area contributed by atoms with E-state index in [-0.39, 0.29) is 10.8 Å². The van der Waals surface area contributed by atoms with Gasteiger partial charge >= 0.3 is 0 Å². The number of para-hydroxylation sites is 1. The highest BCUT2D eigenvalue weighted by atomic mass is 32.1. The number of nitrogens with zero attached hydrogens (tertiary/aromatic N) is 1. The van der Waals surface area contributed by atoms with Gasteiger partial charge in [0.1, 0.15) is 0 Å². The fourth-order valence-electron chi connectivity index (χ4n) is 3.48. The molecule has 0 aliphatic rings. The molecule has 2 heterocycles. The number of hydrogen-bond acceptors (Lipinski definition) is 3. The van der Waals surface area contributed by atoms with Crippen LogP contribution in [0.2, 0.25) is 0 Å². The first kappa shape index (κ1) is 19.4. The Kier molecular flexibility index (Phi) is 5.15. The van der Waals surface area contributed by atoms with Crippen molar-refractivity contribution < 1.29 is 0 Å². The third-order valence-corrected chi connectivity index (χ3v) is 8.48. The van der Waals surface area contributed by atoms with Gasteiger partial charge in [-0.05, 0) is 48.1 Å². The average Bonchev–Trinajstić information content (AvgIpc) is 3.35. The van der Waals surface area contributed by atoms with E-state index < -0.39 is 0 Å². The lowest BCUT2D eigenvalue weighted by Gasteiger charge is -2.29. The van der Waals surface area contributed by atoms with Gasteiger partial charge in [-0.25, -0.2) is 4.98 Å². The summed E-state index contributed by atoms with van der Waals surface area (Å²) in [4.78, 5) is 7.74. The smallest absolute Gasteiger partial charge is 0.0994 e. The molecule has 0 N–H and O–H groups in total. The van der Waals surface area contributed by atoms with E-state index in [1.54, 1.807) is 0 Å². The van der Waals surface area contributed by atoms with E-state index in [0.29, 0.717) is 0 Å². The number of aromatic nitrogens is 1. The summed E-state index contributed by atoms with van der Waals surface area (Å²) in [6.07, 6.45) is 2.27. The second-order valence-corrected chi connectivity index (χ2v) is 10.9. The van der Waals surface area contributed by atoms with Gasteiger partial charge in [0.05, 0.1) is 15.2 Å². The molecule has 2 aromatic carbocycles. The third kappa shape index (κ3) is 3.92. The predicted molar refractivity (Wildman–Crippen MR) is 125 cm³/mol. The van der Waals surface area contributed by atoms with Gasteiger partial charge in [-0.1, -0.05) is 70.2 Å². The van der Waals surface area contributed by atoms with Crippen molar-refractivity contribution in [3.05, 3.63) is 76.6 Å². The summed E-state index contributed by atoms with van der Waals surface area (Å²) in [5, 5.41) is 1.25. The Morgan fingerprint density at radius 1 is 0.714 bits per heavy atom. The maximum atomic E-state index is 4.92. The molecule has 4 rings (SSSR count). The first-order valence-electron chi connectivity index (χ1n) is 9.87. The molecule has 0 atom stereocenters. The van der Waals surface area contributed by atoms with Crippen LogP contribution in [0, 0.1) is 0 Å². The maximum Gasteiger partial charge on any atom is 0.0994 e. The highest BCUT2D eigenvalue weighted by molar-refractivity contribution is 7.18. The molecule has 0 amide bonds. The van der Waals surface area contributed by atoms with E-state index in [1.807, 2.05) is 22.7 Å². The Hall–Kier alpha value is -1.97. The Labute approximate surface area is 176 Å². The highest BCUT2D eigenvalue weighted by Crippen LogP contribution is 2.41. The van der Waals surface area contributed by atoms with Crippen molar-refractivity contribution >= 4 is 32.9 Å². The molecule has 0 aliphatic heterocycles. The van der Waals surface area contributed by atoms with Gasteiger partial charge in [0.25, 0.3) is 0 Å². The summed E-state index contributed by atoms with van der Waals surface area (Å²) in [6.45, 7) is 9.43. The van der Waals surface area contributed by atoms with Crippen LogP contribution >= 0.6 is 22.7 Å². The molecule has 0 bridgehead atoms. The zero-order valence-electron chi connectivity index (χ0n) is 17.0. The standard InChI is InChI=1S/C25H27NS2/c1-24(2,22-15-14-20(27-22)18-10-6-5-7-11-18)16-17-25(3,4)23-26-19-12-8-9-13-21(19)28-23/h5-15H,16-17H2,1-4H3. The number of fused-ring (bicyclic) bond motifs is 1. The molecule has 0 saturated carbocycles. The topological polar surface area (TPSA) is 12.9 Å². The lowest BCUT2D eigenvalue weighted by Crippen LogP contribution is -2.23. The first-order valence-corrected chi connectivity index (χ1v) is 11.5. The van der Waals surface area contributed by atoms with Crippen molar-refractivity contribution in [2.24, 2.45) is 0 Å². The van der Waals surface area contributed by atoms with Crippen LogP contribution in [-0.2, 0) is 10.8 Å². The van der Waals surface area contributed by atoms with E-state index in [2.05, 4.69) is 94.4 Å². The van der Waals surface area contributed by atoms with Crippen molar-refractivity contribution in [3.63, 3.8) is 0 Å². The van der Waals surface area contributed by atoms with Crippen molar-refractivity contribution in [2.45, 2.75) is 51.4 Å². The first-order chi connectivity index (χ1) is 13.4. The molecule has 0 saturated heterocycles. The van der Waals surface area contributed by atoms with Gasteiger partial charge in [-0.2, -0.15) is 0 Å². The van der Waals surface area contributed by atoms with Gasteiger partial charge in [0.15, 0.2) is 0 Å². The summed E-state index contributed by atoms with van der Waals surface area (Å²) in [6, 6.07) is 23.7.